The first-order valence-corrected chi connectivity index (χ1v) is 6.59. The van der Waals surface area contributed by atoms with Crippen LogP contribution >= 0.6 is 0 Å². The predicted octanol–water partition coefficient (Wildman–Crippen LogP) is 3.42. The van der Waals surface area contributed by atoms with E-state index in [-0.39, 0.29) is 31.5 Å². The van der Waals surface area contributed by atoms with Gasteiger partial charge in [-0.25, -0.2) is 9.18 Å². The minimum atomic E-state index is -4.67. The molecule has 0 aromatic heterocycles. The van der Waals surface area contributed by atoms with Crippen molar-refractivity contribution in [2.45, 2.75) is 19.0 Å². The highest BCUT2D eigenvalue weighted by Crippen LogP contribution is 2.31. The van der Waals surface area contributed by atoms with Crippen molar-refractivity contribution in [1.29, 1.82) is 0 Å². The summed E-state index contributed by atoms with van der Waals surface area (Å²) in [6, 6.07) is 1.81. The van der Waals surface area contributed by atoms with E-state index in [4.69, 9.17) is 5.11 Å². The second-order valence-electron chi connectivity index (χ2n) is 5.10. The van der Waals surface area contributed by atoms with E-state index in [0.717, 1.165) is 11.0 Å². The molecule has 2 rings (SSSR count). The number of halogens is 4. The molecule has 1 heterocycles. The van der Waals surface area contributed by atoms with Crippen molar-refractivity contribution < 1.29 is 32.3 Å². The van der Waals surface area contributed by atoms with Crippen LogP contribution in [-0.4, -0.2) is 35.0 Å². The number of amides is 1. The van der Waals surface area contributed by atoms with Gasteiger partial charge in [0.2, 0.25) is 0 Å². The number of carbonyl (C=O) groups excluding carboxylic acids is 1. The van der Waals surface area contributed by atoms with Gasteiger partial charge in [-0.3, -0.25) is 4.79 Å². The summed E-state index contributed by atoms with van der Waals surface area (Å²) in [5.41, 5.74) is -1.54. The molecule has 1 aliphatic heterocycles. The fourth-order valence-corrected chi connectivity index (χ4v) is 2.44. The van der Waals surface area contributed by atoms with Gasteiger partial charge in [-0.1, -0.05) is 0 Å². The van der Waals surface area contributed by atoms with E-state index in [1.807, 2.05) is 0 Å². The van der Waals surface area contributed by atoms with Gasteiger partial charge in [-0.05, 0) is 31.0 Å². The number of Topliss-reactive ketones (excluding diaryl/α,β-unsaturated/α-hetero) is 1. The minimum Gasteiger partial charge on any atom is -0.465 e. The van der Waals surface area contributed by atoms with Crippen molar-refractivity contribution in [3.63, 3.8) is 0 Å². The Morgan fingerprint density at radius 3 is 2.23 bits per heavy atom. The molecule has 4 nitrogen and oxygen atoms in total. The van der Waals surface area contributed by atoms with Crippen molar-refractivity contribution in [3.05, 3.63) is 35.1 Å². The third kappa shape index (κ3) is 3.37. The molecular weight excluding hydrogens is 306 g/mol. The Hall–Kier alpha value is -2.12. The summed E-state index contributed by atoms with van der Waals surface area (Å²) in [7, 11) is 0. The molecule has 1 N–H and O–H groups in total. The molecule has 1 amide bonds. The van der Waals surface area contributed by atoms with Crippen LogP contribution in [0.25, 0.3) is 0 Å². The number of ketones is 1. The van der Waals surface area contributed by atoms with E-state index >= 15 is 0 Å². The van der Waals surface area contributed by atoms with Gasteiger partial charge in [0, 0.05) is 19.0 Å². The molecule has 0 bridgehead atoms. The highest BCUT2D eigenvalue weighted by molar-refractivity contribution is 5.98. The van der Waals surface area contributed by atoms with Gasteiger partial charge >= 0.3 is 12.3 Å². The Kier molecular flexibility index (Phi) is 4.39. The molecule has 0 aliphatic carbocycles. The quantitative estimate of drug-likeness (QED) is 0.671. The van der Waals surface area contributed by atoms with Crippen LogP contribution in [0.3, 0.4) is 0 Å². The highest BCUT2D eigenvalue weighted by Gasteiger charge is 2.33. The Morgan fingerprint density at radius 2 is 1.77 bits per heavy atom. The number of piperidine rings is 1. The first-order chi connectivity index (χ1) is 10.2. The SMILES string of the molecule is O=C(c1ccc(C(F)(F)F)cc1F)C1CCN(C(=O)O)CC1. The summed E-state index contributed by atoms with van der Waals surface area (Å²) in [4.78, 5) is 24.1. The van der Waals surface area contributed by atoms with Crippen molar-refractivity contribution in [3.8, 4) is 0 Å². The number of hydrogen-bond acceptors (Lipinski definition) is 2. The maximum atomic E-state index is 13.8. The molecule has 0 unspecified atom stereocenters. The van der Waals surface area contributed by atoms with E-state index in [9.17, 15) is 27.2 Å². The third-order valence-electron chi connectivity index (χ3n) is 3.70. The molecule has 1 aromatic rings. The van der Waals surface area contributed by atoms with Gasteiger partial charge in [0.25, 0.3) is 0 Å². The van der Waals surface area contributed by atoms with E-state index in [1.54, 1.807) is 0 Å². The van der Waals surface area contributed by atoms with Crippen LogP contribution in [-0.2, 0) is 6.18 Å². The molecule has 8 heteroatoms. The summed E-state index contributed by atoms with van der Waals surface area (Å²) >= 11 is 0. The average molecular weight is 319 g/mol. The Balaban J connectivity index is 2.12. The smallest absolute Gasteiger partial charge is 0.416 e. The van der Waals surface area contributed by atoms with Crippen molar-refractivity contribution in [2.24, 2.45) is 5.92 Å². The monoisotopic (exact) mass is 319 g/mol. The van der Waals surface area contributed by atoms with Crippen LogP contribution in [0.2, 0.25) is 0 Å². The highest BCUT2D eigenvalue weighted by atomic mass is 19.4. The minimum absolute atomic E-state index is 0.147. The average Bonchev–Trinajstić information content (AvgIpc) is 2.45. The fourth-order valence-electron chi connectivity index (χ4n) is 2.44. The molecular formula is C14H13F4NO3. The van der Waals surface area contributed by atoms with E-state index < -0.39 is 35.4 Å². The lowest BCUT2D eigenvalue weighted by Crippen LogP contribution is -2.39. The lowest BCUT2D eigenvalue weighted by atomic mass is 9.88. The molecule has 0 spiro atoms. The van der Waals surface area contributed by atoms with Crippen LogP contribution in [0.4, 0.5) is 22.4 Å². The molecule has 0 radical (unpaired) electrons. The number of nitrogens with zero attached hydrogens (tertiary/aromatic N) is 1. The number of benzene rings is 1. The van der Waals surface area contributed by atoms with Crippen molar-refractivity contribution in [1.82, 2.24) is 4.90 Å². The zero-order chi connectivity index (χ0) is 16.5. The molecule has 0 saturated carbocycles. The summed E-state index contributed by atoms with van der Waals surface area (Å²) < 4.78 is 51.1. The summed E-state index contributed by atoms with van der Waals surface area (Å²) in [5, 5.41) is 8.81. The van der Waals surface area contributed by atoms with Gasteiger partial charge in [-0.2, -0.15) is 13.2 Å². The maximum absolute atomic E-state index is 13.8. The first-order valence-electron chi connectivity index (χ1n) is 6.59. The Morgan fingerprint density at radius 1 is 1.18 bits per heavy atom. The molecule has 1 aromatic carbocycles. The molecule has 1 fully saturated rings. The van der Waals surface area contributed by atoms with Gasteiger partial charge in [0.15, 0.2) is 5.78 Å². The van der Waals surface area contributed by atoms with Gasteiger partial charge in [0.05, 0.1) is 11.1 Å². The van der Waals surface area contributed by atoms with E-state index in [0.29, 0.717) is 12.1 Å². The second-order valence-corrected chi connectivity index (χ2v) is 5.10. The largest absolute Gasteiger partial charge is 0.465 e. The number of alkyl halides is 3. The molecule has 1 aliphatic rings. The fraction of sp³-hybridized carbons (Fsp3) is 0.429. The van der Waals surface area contributed by atoms with E-state index in [1.165, 1.54) is 0 Å². The van der Waals surface area contributed by atoms with E-state index in [2.05, 4.69) is 0 Å². The predicted molar refractivity (Wildman–Crippen MR) is 68.1 cm³/mol. The normalized spacial score (nSPS) is 16.6. The number of hydrogen-bond donors (Lipinski definition) is 1. The number of rotatable bonds is 2. The zero-order valence-corrected chi connectivity index (χ0v) is 11.4. The van der Waals surface area contributed by atoms with Gasteiger partial charge in [-0.15, -0.1) is 0 Å². The first kappa shape index (κ1) is 16.3. The van der Waals surface area contributed by atoms with Gasteiger partial charge in [0.1, 0.15) is 5.82 Å². The Bertz CT molecular complexity index is 592. The topological polar surface area (TPSA) is 57.6 Å². The number of carbonyl (C=O) groups is 2. The zero-order valence-electron chi connectivity index (χ0n) is 11.4. The molecule has 0 atom stereocenters. The summed E-state index contributed by atoms with van der Waals surface area (Å²) in [5.74, 6) is -2.38. The maximum Gasteiger partial charge on any atom is 0.416 e. The number of likely N-dealkylation sites (tertiary alicyclic amines) is 1. The Labute approximate surface area is 123 Å². The number of carboxylic acid groups (broad SMARTS) is 1. The lowest BCUT2D eigenvalue weighted by molar-refractivity contribution is -0.137. The van der Waals surface area contributed by atoms with Crippen LogP contribution in [0.1, 0.15) is 28.8 Å². The van der Waals surface area contributed by atoms with Crippen LogP contribution in [0.15, 0.2) is 18.2 Å². The molecule has 1 saturated heterocycles. The second kappa shape index (κ2) is 5.94. The molecule has 120 valence electrons. The standard InChI is InChI=1S/C14H13F4NO3/c15-11-7-9(14(16,17)18)1-2-10(11)12(20)8-3-5-19(6-4-8)13(21)22/h1-2,7-8H,3-6H2,(H,21,22). The molecule has 22 heavy (non-hydrogen) atoms. The summed E-state index contributed by atoms with van der Waals surface area (Å²) in [6.45, 7) is 0.294. The van der Waals surface area contributed by atoms with Crippen LogP contribution in [0.5, 0.6) is 0 Å². The van der Waals surface area contributed by atoms with Crippen LogP contribution in [0, 0.1) is 11.7 Å². The van der Waals surface area contributed by atoms with Crippen molar-refractivity contribution in [2.75, 3.05) is 13.1 Å². The van der Waals surface area contributed by atoms with Gasteiger partial charge < -0.3 is 10.0 Å². The lowest BCUT2D eigenvalue weighted by Gasteiger charge is -2.29. The van der Waals surface area contributed by atoms with Crippen molar-refractivity contribution >= 4 is 11.9 Å². The summed E-state index contributed by atoms with van der Waals surface area (Å²) in [6.07, 6.45) is -5.31. The van der Waals surface area contributed by atoms with Crippen LogP contribution < -0.4 is 0 Å². The third-order valence-corrected chi connectivity index (χ3v) is 3.70.